The van der Waals surface area contributed by atoms with Crippen LogP contribution in [0, 0.1) is 13.8 Å². The summed E-state index contributed by atoms with van der Waals surface area (Å²) in [5.41, 5.74) is 15.3. The van der Waals surface area contributed by atoms with Gasteiger partial charge in [-0.2, -0.15) is 0 Å². The molecule has 0 saturated carbocycles. The van der Waals surface area contributed by atoms with Crippen molar-refractivity contribution in [3.63, 3.8) is 0 Å². The summed E-state index contributed by atoms with van der Waals surface area (Å²) in [6.45, 7) is 8.37. The first kappa shape index (κ1) is 16.8. The van der Waals surface area contributed by atoms with E-state index >= 15 is 0 Å². The lowest BCUT2D eigenvalue weighted by molar-refractivity contribution is 0.812. The smallest absolute Gasteiger partial charge is 0.0523 e. The molecule has 2 N–H and O–H groups in total. The monoisotopic (exact) mass is 320 g/mol. The molecule has 0 aliphatic carbocycles. The maximum absolute atomic E-state index is 5.81. The molecule has 0 spiro atoms. The van der Waals surface area contributed by atoms with Gasteiger partial charge in [-0.1, -0.05) is 49.8 Å². The number of benzene rings is 2. The summed E-state index contributed by atoms with van der Waals surface area (Å²) in [5, 5.41) is 0. The highest BCUT2D eigenvalue weighted by Crippen LogP contribution is 2.47. The van der Waals surface area contributed by atoms with E-state index in [0.29, 0.717) is 0 Å². The van der Waals surface area contributed by atoms with E-state index in [1.807, 2.05) is 0 Å². The lowest BCUT2D eigenvalue weighted by atomic mass is 9.86. The molecule has 2 aromatic rings. The molecular formula is C22H28N2. The van der Waals surface area contributed by atoms with Crippen LogP contribution in [-0.4, -0.2) is 13.1 Å². The molecule has 0 aromatic heterocycles. The van der Waals surface area contributed by atoms with Gasteiger partial charge < -0.3 is 10.6 Å². The second-order valence-corrected chi connectivity index (χ2v) is 6.62. The van der Waals surface area contributed by atoms with E-state index in [9.17, 15) is 0 Å². The van der Waals surface area contributed by atoms with Crippen LogP contribution >= 0.6 is 0 Å². The van der Waals surface area contributed by atoms with E-state index in [2.05, 4.69) is 68.1 Å². The molecule has 126 valence electrons. The molecule has 1 aliphatic rings. The minimum absolute atomic E-state index is 0.720. The van der Waals surface area contributed by atoms with Gasteiger partial charge in [0.25, 0.3) is 0 Å². The number of aryl methyl sites for hydroxylation is 1. The van der Waals surface area contributed by atoms with Crippen molar-refractivity contribution in [1.29, 1.82) is 0 Å². The largest absolute Gasteiger partial charge is 0.340 e. The Morgan fingerprint density at radius 1 is 1.04 bits per heavy atom. The minimum Gasteiger partial charge on any atom is -0.340 e. The van der Waals surface area contributed by atoms with Crippen LogP contribution in [0.4, 0.5) is 11.4 Å². The zero-order valence-electron chi connectivity index (χ0n) is 15.1. The Labute approximate surface area is 146 Å². The van der Waals surface area contributed by atoms with Gasteiger partial charge in [0.05, 0.1) is 5.69 Å². The van der Waals surface area contributed by atoms with Crippen LogP contribution in [0.2, 0.25) is 0 Å². The summed E-state index contributed by atoms with van der Waals surface area (Å²) in [7, 11) is 0. The van der Waals surface area contributed by atoms with Gasteiger partial charge in [-0.15, -0.1) is 0 Å². The minimum atomic E-state index is 0.720. The first-order valence-corrected chi connectivity index (χ1v) is 9.06. The fraction of sp³-hybridized carbons (Fsp3) is 0.364. The molecule has 0 saturated heterocycles. The Balaban J connectivity index is 2.24. The molecule has 0 radical (unpaired) electrons. The van der Waals surface area contributed by atoms with E-state index in [4.69, 9.17) is 5.73 Å². The fourth-order valence-electron chi connectivity index (χ4n) is 3.56. The molecule has 2 heteroatoms. The molecule has 2 aromatic carbocycles. The first-order chi connectivity index (χ1) is 11.7. The number of anilines is 2. The van der Waals surface area contributed by atoms with Crippen molar-refractivity contribution in [2.45, 2.75) is 40.0 Å². The van der Waals surface area contributed by atoms with Crippen LogP contribution in [0.1, 0.15) is 48.4 Å². The number of unbranched alkanes of at least 4 members (excludes halogenated alkanes) is 1. The van der Waals surface area contributed by atoms with Gasteiger partial charge in [-0.25, -0.2) is 0 Å². The topological polar surface area (TPSA) is 29.3 Å². The quantitative estimate of drug-likeness (QED) is 0.806. The van der Waals surface area contributed by atoms with Crippen LogP contribution in [0.25, 0.3) is 5.57 Å². The SMILES string of the molecule is CCCC=C1c2ccccc2N(CCCN)c2c1ccc(C)c2C. The maximum Gasteiger partial charge on any atom is 0.0523 e. The molecule has 3 rings (SSSR count). The number of allylic oxidation sites excluding steroid dienone is 1. The van der Waals surface area contributed by atoms with Gasteiger partial charge in [-0.3, -0.25) is 0 Å². The van der Waals surface area contributed by atoms with Gasteiger partial charge in [0.1, 0.15) is 0 Å². The van der Waals surface area contributed by atoms with Crippen molar-refractivity contribution in [3.8, 4) is 0 Å². The summed E-state index contributed by atoms with van der Waals surface area (Å²) < 4.78 is 0. The third-order valence-electron chi connectivity index (χ3n) is 4.97. The molecule has 24 heavy (non-hydrogen) atoms. The molecular weight excluding hydrogens is 292 g/mol. The van der Waals surface area contributed by atoms with Crippen molar-refractivity contribution in [2.75, 3.05) is 18.0 Å². The summed E-state index contributed by atoms with van der Waals surface area (Å²) >= 11 is 0. The van der Waals surface area contributed by atoms with E-state index in [1.165, 1.54) is 45.6 Å². The summed E-state index contributed by atoms with van der Waals surface area (Å²) in [4.78, 5) is 2.48. The Morgan fingerprint density at radius 2 is 1.83 bits per heavy atom. The van der Waals surface area contributed by atoms with Crippen molar-refractivity contribution < 1.29 is 0 Å². The number of nitrogens with two attached hydrogens (primary N) is 1. The van der Waals surface area contributed by atoms with E-state index < -0.39 is 0 Å². The van der Waals surface area contributed by atoms with Crippen LogP contribution in [0.5, 0.6) is 0 Å². The third kappa shape index (κ3) is 2.87. The summed E-state index contributed by atoms with van der Waals surface area (Å²) in [6.07, 6.45) is 5.68. The number of hydrogen-bond acceptors (Lipinski definition) is 2. The number of nitrogens with zero attached hydrogens (tertiary/aromatic N) is 1. The average Bonchev–Trinajstić information content (AvgIpc) is 2.61. The molecule has 2 nitrogen and oxygen atoms in total. The molecule has 0 unspecified atom stereocenters. The number of hydrogen-bond donors (Lipinski definition) is 1. The average molecular weight is 320 g/mol. The van der Waals surface area contributed by atoms with E-state index in [0.717, 1.165) is 25.9 Å². The molecule has 0 amide bonds. The van der Waals surface area contributed by atoms with Gasteiger partial charge >= 0.3 is 0 Å². The highest BCUT2D eigenvalue weighted by atomic mass is 15.1. The predicted molar refractivity (Wildman–Crippen MR) is 105 cm³/mol. The molecule has 1 aliphatic heterocycles. The molecule has 1 heterocycles. The van der Waals surface area contributed by atoms with Crippen LogP contribution < -0.4 is 10.6 Å². The van der Waals surface area contributed by atoms with Crippen LogP contribution in [0.15, 0.2) is 42.5 Å². The summed E-state index contributed by atoms with van der Waals surface area (Å²) in [6, 6.07) is 13.3. The highest BCUT2D eigenvalue weighted by molar-refractivity contribution is 5.98. The second kappa shape index (κ2) is 7.23. The zero-order valence-corrected chi connectivity index (χ0v) is 15.1. The van der Waals surface area contributed by atoms with Crippen molar-refractivity contribution in [2.24, 2.45) is 5.73 Å². The number of fused-ring (bicyclic) bond motifs is 2. The van der Waals surface area contributed by atoms with Gasteiger partial charge in [0.15, 0.2) is 0 Å². The second-order valence-electron chi connectivity index (χ2n) is 6.62. The third-order valence-corrected chi connectivity index (χ3v) is 4.97. The van der Waals surface area contributed by atoms with Gasteiger partial charge in [0, 0.05) is 23.4 Å². The van der Waals surface area contributed by atoms with Crippen LogP contribution in [-0.2, 0) is 0 Å². The lowest BCUT2D eigenvalue weighted by Gasteiger charge is -2.36. The molecule has 0 fully saturated rings. The van der Waals surface area contributed by atoms with Crippen molar-refractivity contribution >= 4 is 16.9 Å². The number of rotatable bonds is 5. The van der Waals surface area contributed by atoms with E-state index in [1.54, 1.807) is 0 Å². The van der Waals surface area contributed by atoms with Crippen LogP contribution in [0.3, 0.4) is 0 Å². The van der Waals surface area contributed by atoms with Gasteiger partial charge in [-0.05, 0) is 56.0 Å². The fourth-order valence-corrected chi connectivity index (χ4v) is 3.56. The van der Waals surface area contributed by atoms with Crippen molar-refractivity contribution in [1.82, 2.24) is 0 Å². The summed E-state index contributed by atoms with van der Waals surface area (Å²) in [5.74, 6) is 0. The van der Waals surface area contributed by atoms with Gasteiger partial charge in [0.2, 0.25) is 0 Å². The Hall–Kier alpha value is -2.06. The Morgan fingerprint density at radius 3 is 2.58 bits per heavy atom. The highest BCUT2D eigenvalue weighted by Gasteiger charge is 2.27. The lowest BCUT2D eigenvalue weighted by Crippen LogP contribution is -2.26. The normalized spacial score (nSPS) is 14.7. The predicted octanol–water partition coefficient (Wildman–Crippen LogP) is 5.34. The van der Waals surface area contributed by atoms with Crippen molar-refractivity contribution in [3.05, 3.63) is 64.7 Å². The Kier molecular flexibility index (Phi) is 5.06. The zero-order chi connectivity index (χ0) is 17.1. The standard InChI is InChI=1S/C22H28N2/c1-4-5-9-18-19-10-6-7-11-21(19)24(15-8-14-23)22-17(3)16(2)12-13-20(18)22/h6-7,9-13H,4-5,8,14-15,23H2,1-3H3. The first-order valence-electron chi connectivity index (χ1n) is 9.06. The van der Waals surface area contributed by atoms with E-state index in [-0.39, 0.29) is 0 Å². The maximum atomic E-state index is 5.81. The Bertz CT molecular complexity index is 759. The molecule has 0 bridgehead atoms. The molecule has 0 atom stereocenters. The number of para-hydroxylation sites is 1.